The second-order valence-electron chi connectivity index (χ2n) is 5.07. The summed E-state index contributed by atoms with van der Waals surface area (Å²) in [6.45, 7) is 1.96. The molecule has 0 aliphatic heterocycles. The molecule has 0 bridgehead atoms. The van der Waals surface area contributed by atoms with Crippen LogP contribution in [0.2, 0.25) is 0 Å². The summed E-state index contributed by atoms with van der Waals surface area (Å²) in [5.41, 5.74) is 0. The average molecular weight is 212 g/mol. The molecule has 0 spiro atoms. The summed E-state index contributed by atoms with van der Waals surface area (Å²) in [6.07, 6.45) is 3.28. The molecule has 0 aromatic heterocycles. The lowest BCUT2D eigenvalue weighted by Crippen LogP contribution is -2.38. The molecule has 2 N–H and O–H groups in total. The first-order chi connectivity index (χ1) is 7.13. The van der Waals surface area contributed by atoms with Gasteiger partial charge in [-0.05, 0) is 31.6 Å². The van der Waals surface area contributed by atoms with Crippen LogP contribution in [0.5, 0.6) is 0 Å². The number of rotatable bonds is 4. The molecule has 86 valence electrons. The predicted molar refractivity (Wildman–Crippen MR) is 56.2 cm³/mol. The van der Waals surface area contributed by atoms with Crippen molar-refractivity contribution in [2.45, 2.75) is 51.2 Å². The molecule has 5 atom stereocenters. The Balaban J connectivity index is 1.82. The van der Waals surface area contributed by atoms with Gasteiger partial charge in [-0.3, -0.25) is 4.79 Å². The zero-order valence-corrected chi connectivity index (χ0v) is 9.22. The zero-order valence-electron chi connectivity index (χ0n) is 9.22. The van der Waals surface area contributed by atoms with Crippen LogP contribution in [-0.4, -0.2) is 28.2 Å². The van der Waals surface area contributed by atoms with Crippen molar-refractivity contribution in [1.82, 2.24) is 0 Å². The second-order valence-corrected chi connectivity index (χ2v) is 5.07. The van der Waals surface area contributed by atoms with E-state index in [4.69, 9.17) is 0 Å². The van der Waals surface area contributed by atoms with Crippen molar-refractivity contribution in [3.05, 3.63) is 0 Å². The lowest BCUT2D eigenvalue weighted by molar-refractivity contribution is -0.135. The highest BCUT2D eigenvalue weighted by atomic mass is 16.3. The van der Waals surface area contributed by atoms with Gasteiger partial charge < -0.3 is 10.2 Å². The minimum atomic E-state index is -0.295. The molecule has 2 fully saturated rings. The molecule has 2 rings (SSSR count). The number of fused-ring (bicyclic) bond motifs is 1. The fraction of sp³-hybridized carbons (Fsp3) is 0.917. The highest BCUT2D eigenvalue weighted by Crippen LogP contribution is 2.48. The minimum absolute atomic E-state index is 0.142. The molecule has 3 nitrogen and oxygen atoms in total. The van der Waals surface area contributed by atoms with Gasteiger partial charge in [-0.2, -0.15) is 0 Å². The van der Waals surface area contributed by atoms with Gasteiger partial charge in [0.2, 0.25) is 0 Å². The summed E-state index contributed by atoms with van der Waals surface area (Å²) in [5.74, 6) is 0.954. The molecular weight excluding hydrogens is 192 g/mol. The van der Waals surface area contributed by atoms with Crippen molar-refractivity contribution >= 4 is 5.78 Å². The lowest BCUT2D eigenvalue weighted by atomic mass is 9.74. The van der Waals surface area contributed by atoms with Crippen LogP contribution in [0.3, 0.4) is 0 Å². The highest BCUT2D eigenvalue weighted by molar-refractivity contribution is 5.88. The third-order valence-electron chi connectivity index (χ3n) is 4.19. The van der Waals surface area contributed by atoms with Crippen LogP contribution in [-0.2, 0) is 4.79 Å². The molecule has 15 heavy (non-hydrogen) atoms. The van der Waals surface area contributed by atoms with Crippen LogP contribution in [0.15, 0.2) is 0 Å². The largest absolute Gasteiger partial charge is 0.393 e. The molecule has 0 amide bonds. The maximum Gasteiger partial charge on any atom is 0.136 e. The molecule has 0 radical (unpaired) electrons. The maximum absolute atomic E-state index is 11.2. The van der Waals surface area contributed by atoms with Crippen molar-refractivity contribution in [1.29, 1.82) is 0 Å². The molecule has 3 heteroatoms. The topological polar surface area (TPSA) is 57.5 Å². The van der Waals surface area contributed by atoms with Crippen LogP contribution in [0.1, 0.15) is 39.0 Å². The Kier molecular flexibility index (Phi) is 3.12. The van der Waals surface area contributed by atoms with E-state index in [2.05, 4.69) is 0 Å². The van der Waals surface area contributed by atoms with Gasteiger partial charge in [0.1, 0.15) is 5.78 Å². The maximum atomic E-state index is 11.2. The minimum Gasteiger partial charge on any atom is -0.393 e. The Bertz CT molecular complexity index is 251. The summed E-state index contributed by atoms with van der Waals surface area (Å²) in [7, 11) is 0. The fourth-order valence-electron chi connectivity index (χ4n) is 2.98. The summed E-state index contributed by atoms with van der Waals surface area (Å²) in [5, 5.41) is 19.4. The number of aliphatic hydroxyl groups excluding tert-OH is 2. The highest BCUT2D eigenvalue weighted by Gasteiger charge is 2.52. The van der Waals surface area contributed by atoms with Gasteiger partial charge in [0.25, 0.3) is 0 Å². The van der Waals surface area contributed by atoms with E-state index < -0.39 is 0 Å². The number of ketones is 1. The Morgan fingerprint density at radius 2 is 2.27 bits per heavy atom. The molecule has 0 aromatic rings. The molecule has 2 aliphatic rings. The molecule has 0 heterocycles. The van der Waals surface area contributed by atoms with Crippen LogP contribution >= 0.6 is 0 Å². The third-order valence-corrected chi connectivity index (χ3v) is 4.19. The summed E-state index contributed by atoms with van der Waals surface area (Å²) >= 11 is 0. The number of hydrogen-bond donors (Lipinski definition) is 2. The van der Waals surface area contributed by atoms with Gasteiger partial charge in [0.05, 0.1) is 12.2 Å². The number of Topliss-reactive ketones (excluding diaryl/α,β-unsaturated/α-hetero) is 1. The normalized spacial score (nSPS) is 41.1. The van der Waals surface area contributed by atoms with Crippen LogP contribution in [0.25, 0.3) is 0 Å². The first-order valence-corrected chi connectivity index (χ1v) is 6.02. The lowest BCUT2D eigenvalue weighted by Gasteiger charge is -2.30. The molecule has 5 unspecified atom stereocenters. The van der Waals surface area contributed by atoms with Crippen LogP contribution < -0.4 is 0 Å². The van der Waals surface area contributed by atoms with E-state index in [1.165, 1.54) is 0 Å². The first kappa shape index (κ1) is 11.1. The van der Waals surface area contributed by atoms with Gasteiger partial charge in [-0.25, -0.2) is 0 Å². The van der Waals surface area contributed by atoms with Gasteiger partial charge in [-0.15, -0.1) is 0 Å². The van der Waals surface area contributed by atoms with Gasteiger partial charge in [0, 0.05) is 18.3 Å². The molecule has 2 aliphatic carbocycles. The third kappa shape index (κ3) is 1.95. The number of hydrogen-bond acceptors (Lipinski definition) is 3. The van der Waals surface area contributed by atoms with Crippen molar-refractivity contribution in [3.63, 3.8) is 0 Å². The van der Waals surface area contributed by atoms with Crippen molar-refractivity contribution in [2.75, 3.05) is 0 Å². The molecular formula is C12H20O3. The van der Waals surface area contributed by atoms with Crippen molar-refractivity contribution in [3.8, 4) is 0 Å². The van der Waals surface area contributed by atoms with E-state index >= 15 is 0 Å². The first-order valence-electron chi connectivity index (χ1n) is 6.02. The van der Waals surface area contributed by atoms with E-state index in [-0.39, 0.29) is 30.0 Å². The van der Waals surface area contributed by atoms with E-state index in [1.54, 1.807) is 0 Å². The second kappa shape index (κ2) is 4.22. The monoisotopic (exact) mass is 212 g/mol. The fourth-order valence-corrected chi connectivity index (χ4v) is 2.98. The predicted octanol–water partition coefficient (Wildman–Crippen LogP) is 1.12. The van der Waals surface area contributed by atoms with Crippen LogP contribution in [0.4, 0.5) is 0 Å². The Hall–Kier alpha value is -0.410. The SMILES string of the molecule is CCC(O)CCC1CC2C(=O)CC2C1O. The molecule has 2 saturated carbocycles. The summed E-state index contributed by atoms with van der Waals surface area (Å²) in [6, 6.07) is 0. The van der Waals surface area contributed by atoms with Crippen molar-refractivity contribution < 1.29 is 15.0 Å². The van der Waals surface area contributed by atoms with E-state index in [1.807, 2.05) is 6.92 Å². The number of aliphatic hydroxyl groups is 2. The number of carbonyl (C=O) groups is 1. The van der Waals surface area contributed by atoms with Gasteiger partial charge in [-0.1, -0.05) is 6.92 Å². The number of carbonyl (C=O) groups excluding carboxylic acids is 1. The van der Waals surface area contributed by atoms with E-state index in [0.717, 1.165) is 25.7 Å². The Morgan fingerprint density at radius 3 is 2.80 bits per heavy atom. The quantitative estimate of drug-likeness (QED) is 0.734. The van der Waals surface area contributed by atoms with Crippen LogP contribution in [0, 0.1) is 17.8 Å². The molecule has 0 saturated heterocycles. The summed E-state index contributed by atoms with van der Waals surface area (Å²) in [4.78, 5) is 11.2. The Labute approximate surface area is 90.5 Å². The zero-order chi connectivity index (χ0) is 11.0. The standard InChI is InChI=1S/C12H20O3/c1-2-8(13)4-3-7-5-9-10(12(7)15)6-11(9)14/h7-10,12-13,15H,2-6H2,1H3. The van der Waals surface area contributed by atoms with Gasteiger partial charge in [0.15, 0.2) is 0 Å². The molecule has 0 aromatic carbocycles. The van der Waals surface area contributed by atoms with E-state index in [9.17, 15) is 15.0 Å². The average Bonchev–Trinajstić information content (AvgIpc) is 2.48. The van der Waals surface area contributed by atoms with Gasteiger partial charge >= 0.3 is 0 Å². The smallest absolute Gasteiger partial charge is 0.136 e. The van der Waals surface area contributed by atoms with Crippen molar-refractivity contribution in [2.24, 2.45) is 17.8 Å². The Morgan fingerprint density at radius 1 is 1.53 bits per heavy atom. The summed E-state index contributed by atoms with van der Waals surface area (Å²) < 4.78 is 0. The van der Waals surface area contributed by atoms with E-state index in [0.29, 0.717) is 12.2 Å².